The summed E-state index contributed by atoms with van der Waals surface area (Å²) in [4.78, 5) is 25.6. The smallest absolute Gasteiger partial charge is 0.251 e. The van der Waals surface area contributed by atoms with E-state index in [4.69, 9.17) is 16.3 Å². The zero-order valence-electron chi connectivity index (χ0n) is 20.3. The molecule has 5 rings (SSSR count). The normalized spacial score (nSPS) is 15.2. The fourth-order valence-electron chi connectivity index (χ4n) is 4.66. The van der Waals surface area contributed by atoms with Crippen molar-refractivity contribution in [3.63, 3.8) is 0 Å². The minimum atomic E-state index is -0.151. The highest BCUT2D eigenvalue weighted by Crippen LogP contribution is 2.31. The number of rotatable bonds is 6. The predicted molar refractivity (Wildman–Crippen MR) is 142 cm³/mol. The molecule has 4 aromatic rings. The number of benzene rings is 1. The first kappa shape index (κ1) is 23.6. The number of hydrogen-bond donors (Lipinski definition) is 1. The van der Waals surface area contributed by atoms with E-state index in [0.717, 1.165) is 65.3 Å². The molecule has 0 saturated carbocycles. The molecule has 0 amide bonds. The summed E-state index contributed by atoms with van der Waals surface area (Å²) in [7, 11) is 4.01. The number of aromatic amines is 1. The van der Waals surface area contributed by atoms with Gasteiger partial charge in [-0.2, -0.15) is 0 Å². The van der Waals surface area contributed by atoms with E-state index >= 15 is 0 Å². The first-order valence-corrected chi connectivity index (χ1v) is 12.2. The van der Waals surface area contributed by atoms with Gasteiger partial charge in [-0.1, -0.05) is 23.7 Å². The Balaban J connectivity index is 1.52. The van der Waals surface area contributed by atoms with E-state index in [-0.39, 0.29) is 11.6 Å². The first-order valence-electron chi connectivity index (χ1n) is 11.8. The Hall–Kier alpha value is -3.13. The molecule has 0 radical (unpaired) electrons. The number of aryl methyl sites for hydroxylation is 1. The van der Waals surface area contributed by atoms with Crippen LogP contribution in [0.25, 0.3) is 22.2 Å². The number of hydrogen-bond acceptors (Lipinski definition) is 5. The van der Waals surface area contributed by atoms with Gasteiger partial charge in [-0.05, 0) is 55.9 Å². The Morgan fingerprint density at radius 2 is 1.97 bits per heavy atom. The molecule has 0 spiro atoms. The van der Waals surface area contributed by atoms with Crippen LogP contribution in [0.2, 0.25) is 5.02 Å². The zero-order chi connectivity index (χ0) is 24.5. The van der Waals surface area contributed by atoms with Crippen LogP contribution in [-0.4, -0.2) is 66.4 Å². The lowest BCUT2D eigenvalue weighted by Crippen LogP contribution is -2.36. The molecule has 0 aliphatic carbocycles. The van der Waals surface area contributed by atoms with Gasteiger partial charge >= 0.3 is 0 Å². The molecule has 0 unspecified atom stereocenters. The van der Waals surface area contributed by atoms with Crippen LogP contribution in [0.4, 0.5) is 5.69 Å². The van der Waals surface area contributed by atoms with Gasteiger partial charge in [0.2, 0.25) is 0 Å². The maximum atomic E-state index is 13.4. The van der Waals surface area contributed by atoms with Crippen molar-refractivity contribution in [1.82, 2.24) is 19.4 Å². The van der Waals surface area contributed by atoms with Crippen molar-refractivity contribution in [2.24, 2.45) is 0 Å². The molecule has 1 aliphatic rings. The number of morpholine rings is 1. The first-order chi connectivity index (χ1) is 16.9. The third kappa shape index (κ3) is 4.85. The summed E-state index contributed by atoms with van der Waals surface area (Å²) in [5.74, 6) is 0. The summed E-state index contributed by atoms with van der Waals surface area (Å²) < 4.78 is 7.27. The van der Waals surface area contributed by atoms with Gasteiger partial charge in [0.05, 0.1) is 31.1 Å². The van der Waals surface area contributed by atoms with Gasteiger partial charge in [-0.3, -0.25) is 4.79 Å². The lowest BCUT2D eigenvalue weighted by atomic mass is 10.0. The van der Waals surface area contributed by atoms with Crippen molar-refractivity contribution in [3.05, 3.63) is 81.5 Å². The van der Waals surface area contributed by atoms with Gasteiger partial charge in [-0.15, -0.1) is 0 Å². The molecule has 1 atom stereocenters. The van der Waals surface area contributed by atoms with Gasteiger partial charge in [0.25, 0.3) is 5.56 Å². The van der Waals surface area contributed by atoms with Gasteiger partial charge in [-0.25, -0.2) is 4.98 Å². The topological polar surface area (TPSA) is 66.4 Å². The van der Waals surface area contributed by atoms with Gasteiger partial charge < -0.3 is 24.1 Å². The summed E-state index contributed by atoms with van der Waals surface area (Å²) >= 11 is 6.42. The molecular weight excluding hydrogens is 462 g/mol. The summed E-state index contributed by atoms with van der Waals surface area (Å²) in [5.41, 5.74) is 5.68. The van der Waals surface area contributed by atoms with Crippen LogP contribution in [0, 0.1) is 6.92 Å². The van der Waals surface area contributed by atoms with Crippen LogP contribution in [0.1, 0.15) is 17.2 Å². The van der Waals surface area contributed by atoms with Crippen molar-refractivity contribution >= 4 is 28.3 Å². The molecule has 1 N–H and O–H groups in total. The van der Waals surface area contributed by atoms with Crippen LogP contribution in [0.3, 0.4) is 0 Å². The molecule has 0 bridgehead atoms. The summed E-state index contributed by atoms with van der Waals surface area (Å²) in [6.07, 6.45) is 5.71. The van der Waals surface area contributed by atoms with E-state index in [1.54, 1.807) is 10.6 Å². The van der Waals surface area contributed by atoms with Gasteiger partial charge in [0, 0.05) is 54.1 Å². The molecule has 182 valence electrons. The number of nitrogens with one attached hydrogen (secondary N) is 1. The van der Waals surface area contributed by atoms with E-state index in [0.29, 0.717) is 11.6 Å². The highest BCUT2D eigenvalue weighted by atomic mass is 35.5. The quantitative estimate of drug-likeness (QED) is 0.434. The van der Waals surface area contributed by atoms with Crippen molar-refractivity contribution in [2.45, 2.75) is 13.0 Å². The average molecular weight is 492 g/mol. The van der Waals surface area contributed by atoms with E-state index in [9.17, 15) is 4.79 Å². The summed E-state index contributed by atoms with van der Waals surface area (Å²) in [6, 6.07) is 11.7. The molecule has 1 fully saturated rings. The minimum Gasteiger partial charge on any atom is -0.378 e. The van der Waals surface area contributed by atoms with Crippen molar-refractivity contribution in [3.8, 4) is 11.1 Å². The second kappa shape index (κ2) is 9.85. The van der Waals surface area contributed by atoms with Crippen LogP contribution in [0.5, 0.6) is 0 Å². The average Bonchev–Trinajstić information content (AvgIpc) is 3.28. The number of ether oxygens (including phenoxy) is 1. The van der Waals surface area contributed by atoms with E-state index in [2.05, 4.69) is 25.8 Å². The Morgan fingerprint density at radius 3 is 2.69 bits per heavy atom. The van der Waals surface area contributed by atoms with Crippen LogP contribution < -0.4 is 10.5 Å². The van der Waals surface area contributed by atoms with Crippen LogP contribution in [0.15, 0.2) is 59.8 Å². The van der Waals surface area contributed by atoms with E-state index in [1.807, 2.05) is 63.9 Å². The van der Waals surface area contributed by atoms with Crippen LogP contribution >= 0.6 is 11.6 Å². The Morgan fingerprint density at radius 1 is 1.17 bits per heavy atom. The molecule has 4 heterocycles. The number of pyridine rings is 2. The Bertz CT molecular complexity index is 1400. The number of anilines is 1. The highest BCUT2D eigenvalue weighted by molar-refractivity contribution is 6.31. The standard InChI is InChI=1S/C27H30ClN5O2/c1-18-4-5-20(12-24(18)28)25(17-31(2)3)33-7-6-19(13-26(33)34)23-16-30-27-22(23)14-21(15-29-27)32-8-10-35-11-9-32/h4-7,12-16,25H,8-11,17H2,1-3H3,(H,29,30)/t25-/m1/s1. The van der Waals surface area contributed by atoms with Crippen molar-refractivity contribution < 1.29 is 4.74 Å². The number of fused-ring (bicyclic) bond motifs is 1. The third-order valence-corrected chi connectivity index (χ3v) is 7.01. The maximum Gasteiger partial charge on any atom is 0.251 e. The molecule has 8 heteroatoms. The fraction of sp³-hybridized carbons (Fsp3) is 0.333. The van der Waals surface area contributed by atoms with Gasteiger partial charge in [0.1, 0.15) is 5.65 Å². The number of nitrogens with zero attached hydrogens (tertiary/aromatic N) is 4. The lowest BCUT2D eigenvalue weighted by Gasteiger charge is -2.28. The number of halogens is 1. The molecule has 3 aromatic heterocycles. The molecular formula is C27H30ClN5O2. The number of H-pyrrole nitrogens is 1. The Kier molecular flexibility index (Phi) is 6.65. The number of aromatic nitrogens is 3. The monoisotopic (exact) mass is 491 g/mol. The highest BCUT2D eigenvalue weighted by Gasteiger charge is 2.19. The summed E-state index contributed by atoms with van der Waals surface area (Å²) in [5, 5.41) is 1.71. The molecule has 1 saturated heterocycles. The second-order valence-corrected chi connectivity index (χ2v) is 9.75. The maximum absolute atomic E-state index is 13.4. The fourth-order valence-corrected chi connectivity index (χ4v) is 4.85. The van der Waals surface area contributed by atoms with Crippen molar-refractivity contribution in [2.75, 3.05) is 51.8 Å². The number of likely N-dealkylation sites (N-methyl/N-ethyl adjacent to an activating group) is 1. The molecule has 7 nitrogen and oxygen atoms in total. The van der Waals surface area contributed by atoms with Crippen LogP contribution in [-0.2, 0) is 4.74 Å². The van der Waals surface area contributed by atoms with Crippen molar-refractivity contribution in [1.29, 1.82) is 0 Å². The SMILES string of the molecule is Cc1ccc([C@@H](CN(C)C)n2ccc(-c3c[nH]c4ncc(N5CCOCC5)cc34)cc2=O)cc1Cl. The zero-order valence-corrected chi connectivity index (χ0v) is 21.0. The Labute approximate surface area is 209 Å². The van der Waals surface area contributed by atoms with Gasteiger partial charge in [0.15, 0.2) is 0 Å². The third-order valence-electron chi connectivity index (χ3n) is 6.61. The van der Waals surface area contributed by atoms with E-state index < -0.39 is 0 Å². The molecule has 1 aliphatic heterocycles. The predicted octanol–water partition coefficient (Wildman–Crippen LogP) is 4.34. The second-order valence-electron chi connectivity index (χ2n) is 9.34. The molecule has 35 heavy (non-hydrogen) atoms. The molecule has 1 aromatic carbocycles. The van der Waals surface area contributed by atoms with E-state index in [1.165, 1.54) is 0 Å². The largest absolute Gasteiger partial charge is 0.378 e. The minimum absolute atomic E-state index is 0.0577. The lowest BCUT2D eigenvalue weighted by molar-refractivity contribution is 0.122. The summed E-state index contributed by atoms with van der Waals surface area (Å²) in [6.45, 7) is 5.79.